The Morgan fingerprint density at radius 2 is 1.96 bits per heavy atom. The SMILES string of the molecule is Cn1cc(-c2cc(C(=N)c3ccnc(N4CCCCC4)n3)c(N)cn2)cn1. The number of nitrogen functional groups attached to an aromatic ring is 1. The highest BCUT2D eigenvalue weighted by Crippen LogP contribution is 2.23. The van der Waals surface area contributed by atoms with Gasteiger partial charge in [-0.05, 0) is 31.4 Å². The summed E-state index contributed by atoms with van der Waals surface area (Å²) in [7, 11) is 1.85. The lowest BCUT2D eigenvalue weighted by Crippen LogP contribution is -2.31. The van der Waals surface area contributed by atoms with Crippen LogP contribution < -0.4 is 10.6 Å². The second-order valence-electron chi connectivity index (χ2n) is 6.72. The second kappa shape index (κ2) is 7.14. The zero-order valence-electron chi connectivity index (χ0n) is 15.3. The molecule has 0 aromatic carbocycles. The third kappa shape index (κ3) is 3.51. The Morgan fingerprint density at radius 3 is 2.70 bits per heavy atom. The highest BCUT2D eigenvalue weighted by atomic mass is 15.3. The molecule has 0 radical (unpaired) electrons. The fourth-order valence-corrected chi connectivity index (χ4v) is 3.27. The number of hydrogen-bond acceptors (Lipinski definition) is 7. The van der Waals surface area contributed by atoms with Gasteiger partial charge in [0.2, 0.25) is 5.95 Å². The molecule has 8 nitrogen and oxygen atoms in total. The normalized spacial score (nSPS) is 14.3. The Kier molecular flexibility index (Phi) is 4.53. The molecule has 0 unspecified atom stereocenters. The van der Waals surface area contributed by atoms with Gasteiger partial charge in [-0.15, -0.1) is 0 Å². The first-order valence-corrected chi connectivity index (χ1v) is 9.03. The number of nitrogens with one attached hydrogen (secondary N) is 1. The Morgan fingerprint density at radius 1 is 1.15 bits per heavy atom. The molecule has 0 amide bonds. The van der Waals surface area contributed by atoms with E-state index in [0.717, 1.165) is 37.2 Å². The molecule has 0 atom stereocenters. The summed E-state index contributed by atoms with van der Waals surface area (Å²) >= 11 is 0. The van der Waals surface area contributed by atoms with Crippen LogP contribution in [0.25, 0.3) is 11.3 Å². The second-order valence-corrected chi connectivity index (χ2v) is 6.72. The van der Waals surface area contributed by atoms with Crippen LogP contribution in [0.3, 0.4) is 0 Å². The lowest BCUT2D eigenvalue weighted by Gasteiger charge is -2.26. The molecule has 3 aromatic heterocycles. The van der Waals surface area contributed by atoms with Crippen LogP contribution in [-0.4, -0.2) is 43.5 Å². The number of piperidine rings is 1. The average Bonchev–Trinajstić information content (AvgIpc) is 3.15. The lowest BCUT2D eigenvalue weighted by molar-refractivity contribution is 0.568. The Labute approximate surface area is 157 Å². The first-order valence-electron chi connectivity index (χ1n) is 9.03. The van der Waals surface area contributed by atoms with Gasteiger partial charge in [0.05, 0.1) is 35.2 Å². The molecule has 1 aliphatic rings. The predicted molar refractivity (Wildman–Crippen MR) is 105 cm³/mol. The van der Waals surface area contributed by atoms with Gasteiger partial charge in [-0.3, -0.25) is 15.1 Å². The van der Waals surface area contributed by atoms with Crippen LogP contribution in [0.4, 0.5) is 11.6 Å². The first-order chi connectivity index (χ1) is 13.1. The summed E-state index contributed by atoms with van der Waals surface area (Å²) in [6, 6.07) is 3.57. The average molecular weight is 362 g/mol. The van der Waals surface area contributed by atoms with Gasteiger partial charge in [0.25, 0.3) is 0 Å². The van der Waals surface area contributed by atoms with E-state index in [1.54, 1.807) is 29.3 Å². The van der Waals surface area contributed by atoms with Crippen LogP contribution >= 0.6 is 0 Å². The summed E-state index contributed by atoms with van der Waals surface area (Å²) in [6.45, 7) is 1.92. The topological polar surface area (TPSA) is 110 Å². The molecular formula is C19H22N8. The highest BCUT2D eigenvalue weighted by molar-refractivity contribution is 6.13. The van der Waals surface area contributed by atoms with Gasteiger partial charge in [-0.1, -0.05) is 0 Å². The molecule has 0 spiro atoms. The minimum absolute atomic E-state index is 0.265. The van der Waals surface area contributed by atoms with Crippen LogP contribution in [0.5, 0.6) is 0 Å². The van der Waals surface area contributed by atoms with Crippen molar-refractivity contribution in [3.05, 3.63) is 48.2 Å². The van der Waals surface area contributed by atoms with Crippen molar-refractivity contribution in [3.8, 4) is 11.3 Å². The Hall–Kier alpha value is -3.29. The molecule has 8 heteroatoms. The fraction of sp³-hybridized carbons (Fsp3) is 0.316. The maximum atomic E-state index is 8.65. The standard InChI is InChI=1S/C19H22N8/c1-26-12-13(10-24-26)17-9-14(15(20)11-23-17)18(21)16-5-6-22-19(25-16)27-7-3-2-4-8-27/h5-6,9-12,21H,2-4,7-8,20H2,1H3. The van der Waals surface area contributed by atoms with Crippen molar-refractivity contribution in [2.75, 3.05) is 23.7 Å². The monoisotopic (exact) mass is 362 g/mol. The molecule has 4 heterocycles. The summed E-state index contributed by atoms with van der Waals surface area (Å²) in [6.07, 6.45) is 10.5. The van der Waals surface area contributed by atoms with Gasteiger partial charge < -0.3 is 10.6 Å². The number of rotatable bonds is 4. The van der Waals surface area contributed by atoms with Crippen molar-refractivity contribution in [3.63, 3.8) is 0 Å². The summed E-state index contributed by atoms with van der Waals surface area (Å²) in [5.74, 6) is 0.678. The quantitative estimate of drug-likeness (QED) is 0.689. The van der Waals surface area contributed by atoms with E-state index in [-0.39, 0.29) is 5.71 Å². The number of hydrogen-bond donors (Lipinski definition) is 2. The third-order valence-electron chi connectivity index (χ3n) is 4.74. The summed E-state index contributed by atoms with van der Waals surface area (Å²) in [4.78, 5) is 15.6. The van der Waals surface area contributed by atoms with Crippen molar-refractivity contribution in [2.45, 2.75) is 19.3 Å². The molecule has 0 saturated carbocycles. The zero-order valence-corrected chi connectivity index (χ0v) is 15.3. The molecule has 0 aliphatic carbocycles. The lowest BCUT2D eigenvalue weighted by atomic mass is 10.0. The number of pyridine rings is 1. The molecule has 138 valence electrons. The van der Waals surface area contributed by atoms with Gasteiger partial charge in [0.1, 0.15) is 0 Å². The van der Waals surface area contributed by atoms with Crippen molar-refractivity contribution >= 4 is 17.3 Å². The fourth-order valence-electron chi connectivity index (χ4n) is 3.27. The minimum Gasteiger partial charge on any atom is -0.397 e. The number of aromatic nitrogens is 5. The number of anilines is 2. The number of aryl methyl sites for hydroxylation is 1. The van der Waals surface area contributed by atoms with E-state index in [2.05, 4.69) is 25.0 Å². The van der Waals surface area contributed by atoms with Crippen LogP contribution in [0, 0.1) is 5.41 Å². The molecule has 27 heavy (non-hydrogen) atoms. The maximum absolute atomic E-state index is 8.65. The van der Waals surface area contributed by atoms with Crippen molar-refractivity contribution in [1.29, 1.82) is 5.41 Å². The maximum Gasteiger partial charge on any atom is 0.225 e. The smallest absolute Gasteiger partial charge is 0.225 e. The third-order valence-corrected chi connectivity index (χ3v) is 4.74. The molecule has 1 saturated heterocycles. The summed E-state index contributed by atoms with van der Waals surface area (Å²) in [5.41, 5.74) is 9.59. The highest BCUT2D eigenvalue weighted by Gasteiger charge is 2.17. The van der Waals surface area contributed by atoms with Crippen LogP contribution in [0.2, 0.25) is 0 Å². The molecule has 0 bridgehead atoms. The molecule has 1 aliphatic heterocycles. The largest absolute Gasteiger partial charge is 0.397 e. The van der Waals surface area contributed by atoms with Crippen molar-refractivity contribution in [1.82, 2.24) is 24.7 Å². The minimum atomic E-state index is 0.265. The van der Waals surface area contributed by atoms with Gasteiger partial charge in [-0.25, -0.2) is 9.97 Å². The van der Waals surface area contributed by atoms with Crippen LogP contribution in [-0.2, 0) is 7.05 Å². The van der Waals surface area contributed by atoms with Gasteiger partial charge in [-0.2, -0.15) is 5.10 Å². The van der Waals surface area contributed by atoms with E-state index in [9.17, 15) is 0 Å². The van der Waals surface area contributed by atoms with Crippen LogP contribution in [0.15, 0.2) is 36.9 Å². The van der Waals surface area contributed by atoms with E-state index in [1.807, 2.05) is 19.3 Å². The molecule has 3 N–H and O–H groups in total. The Bertz CT molecular complexity index is 971. The van der Waals surface area contributed by atoms with Gasteiger partial charge in [0.15, 0.2) is 0 Å². The summed E-state index contributed by atoms with van der Waals surface area (Å²) < 4.78 is 1.72. The van der Waals surface area contributed by atoms with E-state index < -0.39 is 0 Å². The summed E-state index contributed by atoms with van der Waals surface area (Å²) in [5, 5.41) is 12.8. The first kappa shape index (κ1) is 17.1. The predicted octanol–water partition coefficient (Wildman–Crippen LogP) is 2.26. The van der Waals surface area contributed by atoms with E-state index in [4.69, 9.17) is 11.1 Å². The van der Waals surface area contributed by atoms with E-state index >= 15 is 0 Å². The van der Waals surface area contributed by atoms with Crippen LogP contribution in [0.1, 0.15) is 30.5 Å². The van der Waals surface area contributed by atoms with E-state index in [1.165, 1.54) is 6.42 Å². The Balaban J connectivity index is 1.66. The number of nitrogens with zero attached hydrogens (tertiary/aromatic N) is 6. The van der Waals surface area contributed by atoms with Gasteiger partial charge in [0, 0.05) is 43.7 Å². The molecule has 4 rings (SSSR count). The molecular weight excluding hydrogens is 340 g/mol. The van der Waals surface area contributed by atoms with Gasteiger partial charge >= 0.3 is 0 Å². The van der Waals surface area contributed by atoms with Crippen molar-refractivity contribution < 1.29 is 0 Å². The van der Waals surface area contributed by atoms with Crippen molar-refractivity contribution in [2.24, 2.45) is 7.05 Å². The molecule has 1 fully saturated rings. The number of nitrogens with two attached hydrogens (primary N) is 1. The molecule has 3 aromatic rings. The van der Waals surface area contributed by atoms with E-state index in [0.29, 0.717) is 22.9 Å². The zero-order chi connectivity index (χ0) is 18.8.